The molecule has 3 atom stereocenters. The molecule has 184 valence electrons. The summed E-state index contributed by atoms with van der Waals surface area (Å²) in [5.41, 5.74) is 0.847. The summed E-state index contributed by atoms with van der Waals surface area (Å²) in [6, 6.07) is 6.52. The van der Waals surface area contributed by atoms with Gasteiger partial charge in [0.2, 0.25) is 0 Å². The molecule has 2 fully saturated rings. The number of carbonyl (C=O) groups excluding carboxylic acids is 1. The fourth-order valence-corrected chi connectivity index (χ4v) is 6.09. The fraction of sp³-hybridized carbons (Fsp3) is 0.500. The molecule has 1 aromatic carbocycles. The molecule has 1 amide bonds. The number of benzene rings is 1. The first-order valence-corrected chi connectivity index (χ1v) is 12.9. The highest BCUT2D eigenvalue weighted by atomic mass is 32.2. The quantitative estimate of drug-likeness (QED) is 0.588. The summed E-state index contributed by atoms with van der Waals surface area (Å²) in [6.07, 6.45) is 4.50. The number of carbonyl (C=O) groups is 1. The van der Waals surface area contributed by atoms with Gasteiger partial charge in [-0.2, -0.15) is 0 Å². The molecule has 3 aliphatic rings. The number of piperidine rings is 1. The minimum Gasteiger partial charge on any atom is -0.444 e. The van der Waals surface area contributed by atoms with Gasteiger partial charge in [0, 0.05) is 25.8 Å². The van der Waals surface area contributed by atoms with E-state index in [4.69, 9.17) is 10.1 Å². The summed E-state index contributed by atoms with van der Waals surface area (Å²) >= 11 is 0. The Bertz CT molecular complexity index is 1150. The van der Waals surface area contributed by atoms with Gasteiger partial charge in [0.15, 0.2) is 0 Å². The van der Waals surface area contributed by atoms with Crippen LogP contribution in [-0.4, -0.2) is 60.8 Å². The summed E-state index contributed by atoms with van der Waals surface area (Å²) in [4.78, 5) is 14.6. The number of hydrogen-bond acceptors (Lipinski definition) is 7. The number of likely N-dealkylation sites (tertiary alicyclic amines) is 1. The Balaban J connectivity index is 1.52. The van der Waals surface area contributed by atoms with Crippen molar-refractivity contribution in [2.75, 3.05) is 13.6 Å². The fourth-order valence-electron chi connectivity index (χ4n) is 4.82. The summed E-state index contributed by atoms with van der Waals surface area (Å²) in [5, 5.41) is 15.1. The first kappa shape index (κ1) is 24.1. The normalized spacial score (nSPS) is 25.7. The third-order valence-corrected chi connectivity index (χ3v) is 8.08. The summed E-state index contributed by atoms with van der Waals surface area (Å²) in [7, 11) is -2.16. The van der Waals surface area contributed by atoms with E-state index in [0.29, 0.717) is 23.9 Å². The first-order chi connectivity index (χ1) is 15.9. The number of ether oxygens (including phenoxy) is 1. The van der Waals surface area contributed by atoms with Crippen molar-refractivity contribution >= 4 is 22.0 Å². The average molecular weight is 488 g/mol. The van der Waals surface area contributed by atoms with Gasteiger partial charge in [0.1, 0.15) is 17.3 Å². The van der Waals surface area contributed by atoms with Crippen LogP contribution in [0, 0.1) is 18.3 Å². The van der Waals surface area contributed by atoms with Crippen molar-refractivity contribution in [1.29, 1.82) is 5.41 Å². The minimum absolute atomic E-state index is 0.0178. The molecule has 0 spiro atoms. The lowest BCUT2D eigenvalue weighted by molar-refractivity contribution is 0.0161. The van der Waals surface area contributed by atoms with Crippen LogP contribution in [0.1, 0.15) is 39.2 Å². The van der Waals surface area contributed by atoms with Gasteiger partial charge in [-0.1, -0.05) is 17.7 Å². The van der Waals surface area contributed by atoms with Gasteiger partial charge in [0.25, 0.3) is 10.0 Å². The van der Waals surface area contributed by atoms with E-state index in [9.17, 15) is 13.2 Å². The van der Waals surface area contributed by atoms with E-state index in [1.54, 1.807) is 42.3 Å². The van der Waals surface area contributed by atoms with Gasteiger partial charge in [-0.05, 0) is 64.7 Å². The van der Waals surface area contributed by atoms with Crippen LogP contribution in [0.15, 0.2) is 52.8 Å². The maximum atomic E-state index is 13.1. The van der Waals surface area contributed by atoms with Gasteiger partial charge in [0.05, 0.1) is 16.5 Å². The van der Waals surface area contributed by atoms with E-state index in [0.717, 1.165) is 22.7 Å². The number of sulfonamides is 1. The third-order valence-electron chi connectivity index (χ3n) is 6.39. The van der Waals surface area contributed by atoms with Crippen molar-refractivity contribution in [2.24, 2.45) is 5.92 Å². The standard InChI is InChI=1S/C24H33N5O4S/c1-15-6-8-17(9-7-15)34(31,32)29-11-10-18(21(29)25)22(26-5)27-19-12-16-13-20(19)28(14-16)23(30)33-24(2,3)4/h6-11,16,19-20,25-27H,12-14H2,1-5H3/b22-18+,25-21?. The second-order valence-corrected chi connectivity index (χ2v) is 11.9. The molecule has 1 saturated carbocycles. The molecule has 2 heterocycles. The summed E-state index contributed by atoms with van der Waals surface area (Å²) in [6.45, 7) is 8.13. The molecule has 9 nitrogen and oxygen atoms in total. The highest BCUT2D eigenvalue weighted by molar-refractivity contribution is 7.89. The van der Waals surface area contributed by atoms with Crippen molar-refractivity contribution in [1.82, 2.24) is 19.8 Å². The number of amidine groups is 1. The molecule has 3 unspecified atom stereocenters. The van der Waals surface area contributed by atoms with Crippen molar-refractivity contribution in [3.63, 3.8) is 0 Å². The van der Waals surface area contributed by atoms with Crippen molar-refractivity contribution in [3.8, 4) is 0 Å². The number of aryl methyl sites for hydroxylation is 1. The molecule has 2 aliphatic heterocycles. The maximum Gasteiger partial charge on any atom is 0.410 e. The lowest BCUT2D eigenvalue weighted by Crippen LogP contribution is -2.52. The van der Waals surface area contributed by atoms with Gasteiger partial charge in [-0.25, -0.2) is 17.5 Å². The number of rotatable bonds is 5. The number of nitrogens with zero attached hydrogens (tertiary/aromatic N) is 2. The smallest absolute Gasteiger partial charge is 0.410 e. The van der Waals surface area contributed by atoms with E-state index < -0.39 is 15.6 Å². The SMILES string of the molecule is CN/C(NC1CC2CC1N(C(=O)OC(C)(C)C)C2)=C1/C=CN(S(=O)(=O)c2ccc(C)cc2)C1=N. The summed E-state index contributed by atoms with van der Waals surface area (Å²) in [5.74, 6) is 0.809. The Labute approximate surface area is 201 Å². The predicted octanol–water partition coefficient (Wildman–Crippen LogP) is 2.91. The maximum absolute atomic E-state index is 13.1. The molecule has 1 saturated heterocycles. The average Bonchev–Trinajstić information content (AvgIpc) is 3.45. The molecule has 10 heteroatoms. The van der Waals surface area contributed by atoms with Crippen molar-refractivity contribution < 1.29 is 17.9 Å². The van der Waals surface area contributed by atoms with Gasteiger partial charge in [-0.15, -0.1) is 0 Å². The van der Waals surface area contributed by atoms with Crippen LogP contribution in [0.3, 0.4) is 0 Å². The van der Waals surface area contributed by atoms with E-state index >= 15 is 0 Å². The molecule has 3 N–H and O–H groups in total. The Hall–Kier alpha value is -3.01. The molecular formula is C24H33N5O4S. The largest absolute Gasteiger partial charge is 0.444 e. The molecule has 1 aliphatic carbocycles. The van der Waals surface area contributed by atoms with Crippen LogP contribution < -0.4 is 10.6 Å². The van der Waals surface area contributed by atoms with Crippen LogP contribution in [0.4, 0.5) is 4.79 Å². The van der Waals surface area contributed by atoms with Crippen LogP contribution in [-0.2, 0) is 14.8 Å². The Morgan fingerprint density at radius 3 is 2.44 bits per heavy atom. The lowest BCUT2D eigenvalue weighted by Gasteiger charge is -2.36. The van der Waals surface area contributed by atoms with Gasteiger partial charge in [-0.3, -0.25) is 5.41 Å². The number of nitrogens with one attached hydrogen (secondary N) is 3. The Kier molecular flexibility index (Phi) is 6.14. The van der Waals surface area contributed by atoms with Crippen LogP contribution in [0.5, 0.6) is 0 Å². The van der Waals surface area contributed by atoms with E-state index in [1.165, 1.54) is 6.20 Å². The van der Waals surface area contributed by atoms with E-state index in [2.05, 4.69) is 10.6 Å². The third kappa shape index (κ3) is 4.51. The number of hydrogen-bond donors (Lipinski definition) is 3. The number of fused-ring (bicyclic) bond motifs is 2. The monoisotopic (exact) mass is 487 g/mol. The highest BCUT2D eigenvalue weighted by Crippen LogP contribution is 2.39. The topological polar surface area (TPSA) is 115 Å². The van der Waals surface area contributed by atoms with Crippen molar-refractivity contribution in [2.45, 2.75) is 63.1 Å². The van der Waals surface area contributed by atoms with Crippen LogP contribution in [0.2, 0.25) is 0 Å². The first-order valence-electron chi connectivity index (χ1n) is 11.5. The zero-order valence-corrected chi connectivity index (χ0v) is 21.1. The molecule has 2 bridgehead atoms. The lowest BCUT2D eigenvalue weighted by atomic mass is 10.1. The van der Waals surface area contributed by atoms with Crippen LogP contribution >= 0.6 is 0 Å². The van der Waals surface area contributed by atoms with Crippen LogP contribution in [0.25, 0.3) is 0 Å². The predicted molar refractivity (Wildman–Crippen MR) is 130 cm³/mol. The zero-order valence-electron chi connectivity index (χ0n) is 20.3. The van der Waals surface area contributed by atoms with E-state index in [-0.39, 0.29) is 28.9 Å². The molecule has 0 aromatic heterocycles. The molecule has 1 aromatic rings. The zero-order chi connectivity index (χ0) is 24.8. The second-order valence-electron chi connectivity index (χ2n) is 10.1. The summed E-state index contributed by atoms with van der Waals surface area (Å²) < 4.78 is 32.8. The molecule has 4 rings (SSSR count). The van der Waals surface area contributed by atoms with E-state index in [1.807, 2.05) is 27.7 Å². The molecule has 34 heavy (non-hydrogen) atoms. The van der Waals surface area contributed by atoms with Gasteiger partial charge >= 0.3 is 6.09 Å². The Morgan fingerprint density at radius 1 is 1.18 bits per heavy atom. The Morgan fingerprint density at radius 2 is 1.85 bits per heavy atom. The minimum atomic E-state index is -3.89. The molecular weight excluding hydrogens is 454 g/mol. The number of amides is 1. The second kappa shape index (κ2) is 8.65. The highest BCUT2D eigenvalue weighted by Gasteiger charge is 2.48. The van der Waals surface area contributed by atoms with Gasteiger partial charge < -0.3 is 20.3 Å². The van der Waals surface area contributed by atoms with Crippen molar-refractivity contribution in [3.05, 3.63) is 53.5 Å². The molecule has 0 radical (unpaired) electrons.